The van der Waals surface area contributed by atoms with Gasteiger partial charge in [0.25, 0.3) is 0 Å². The minimum Gasteiger partial charge on any atom is -0.476 e. The zero-order chi connectivity index (χ0) is 15.4. The van der Waals surface area contributed by atoms with Gasteiger partial charge in [-0.2, -0.15) is 10.2 Å². The molecule has 0 aliphatic carbocycles. The van der Waals surface area contributed by atoms with Gasteiger partial charge in [-0.05, 0) is 0 Å². The van der Waals surface area contributed by atoms with Gasteiger partial charge in [-0.25, -0.2) is 18.4 Å². The summed E-state index contributed by atoms with van der Waals surface area (Å²) in [4.78, 5) is 20.3. The zero-order valence-corrected chi connectivity index (χ0v) is 10.4. The average Bonchev–Trinajstić information content (AvgIpc) is 2.82. The summed E-state index contributed by atoms with van der Waals surface area (Å²) in [5.74, 6) is -4.28. The number of halogens is 2. The minimum absolute atomic E-state index is 0.417. The van der Waals surface area contributed by atoms with Crippen molar-refractivity contribution >= 4 is 11.9 Å². The first-order valence-electron chi connectivity index (χ1n) is 5.07. The van der Waals surface area contributed by atoms with Gasteiger partial charge in [-0.3, -0.25) is 9.36 Å². The van der Waals surface area contributed by atoms with E-state index in [-0.39, 0.29) is 0 Å². The Hall–Kier alpha value is -2.78. The summed E-state index contributed by atoms with van der Waals surface area (Å²) >= 11 is 0. The van der Waals surface area contributed by atoms with E-state index in [1.807, 2.05) is 0 Å². The van der Waals surface area contributed by atoms with Gasteiger partial charge in [0, 0.05) is 14.1 Å². The highest BCUT2D eigenvalue weighted by Crippen LogP contribution is 2.03. The van der Waals surface area contributed by atoms with E-state index in [0.29, 0.717) is 0 Å². The van der Waals surface area contributed by atoms with E-state index < -0.39 is 35.0 Å². The highest BCUT2D eigenvalue weighted by Gasteiger charge is 2.14. The molecule has 2 heterocycles. The maximum Gasteiger partial charge on any atom is 0.359 e. The molecular formula is C10H10F2N4O4. The van der Waals surface area contributed by atoms with Crippen LogP contribution in [0.25, 0.3) is 0 Å². The number of aryl methyl sites for hydroxylation is 2. The lowest BCUT2D eigenvalue weighted by Crippen LogP contribution is -2.06. The van der Waals surface area contributed by atoms with Gasteiger partial charge >= 0.3 is 11.9 Å². The Kier molecular flexibility index (Phi) is 4.51. The summed E-state index contributed by atoms with van der Waals surface area (Å²) < 4.78 is 26.9. The van der Waals surface area contributed by atoms with Crippen molar-refractivity contribution in [3.63, 3.8) is 0 Å². The summed E-state index contributed by atoms with van der Waals surface area (Å²) in [6.07, 6.45) is 1.87. The molecule has 0 fully saturated rings. The van der Waals surface area contributed by atoms with Crippen LogP contribution in [0.2, 0.25) is 0 Å². The first kappa shape index (κ1) is 15.3. The molecule has 0 amide bonds. The predicted octanol–water partition coefficient (Wildman–Crippen LogP) is 0.515. The highest BCUT2D eigenvalue weighted by atomic mass is 19.1. The Labute approximate surface area is 110 Å². The Morgan fingerprint density at radius 3 is 1.95 bits per heavy atom. The molecule has 0 radical (unpaired) electrons. The van der Waals surface area contributed by atoms with Crippen LogP contribution in [0.1, 0.15) is 21.0 Å². The van der Waals surface area contributed by atoms with Crippen molar-refractivity contribution in [2.75, 3.05) is 0 Å². The van der Waals surface area contributed by atoms with E-state index in [1.165, 1.54) is 14.1 Å². The Morgan fingerprint density at radius 1 is 1.15 bits per heavy atom. The van der Waals surface area contributed by atoms with E-state index >= 15 is 0 Å². The van der Waals surface area contributed by atoms with Gasteiger partial charge < -0.3 is 10.2 Å². The first-order valence-corrected chi connectivity index (χ1v) is 5.07. The number of hydrogen-bond acceptors (Lipinski definition) is 4. The first-order chi connectivity index (χ1) is 9.23. The van der Waals surface area contributed by atoms with Crippen molar-refractivity contribution in [3.8, 4) is 0 Å². The molecule has 2 aromatic heterocycles. The van der Waals surface area contributed by atoms with Crippen molar-refractivity contribution in [1.82, 2.24) is 19.6 Å². The molecule has 0 saturated carbocycles. The summed E-state index contributed by atoms with van der Waals surface area (Å²) in [6, 6.07) is 0. The summed E-state index contributed by atoms with van der Waals surface area (Å²) in [5, 5.41) is 23.3. The molecule has 0 aromatic carbocycles. The molecular weight excluding hydrogens is 278 g/mol. The number of carboxylic acid groups (broad SMARTS) is 2. The molecule has 0 bridgehead atoms. The predicted molar refractivity (Wildman–Crippen MR) is 60.3 cm³/mol. The Bertz CT molecular complexity index is 630. The number of aromatic carboxylic acids is 2. The second kappa shape index (κ2) is 5.91. The molecule has 0 aliphatic heterocycles. The van der Waals surface area contributed by atoms with Crippen molar-refractivity contribution in [2.24, 2.45) is 14.1 Å². The molecule has 0 aliphatic rings. The van der Waals surface area contributed by atoms with Gasteiger partial charge in [-0.1, -0.05) is 0 Å². The monoisotopic (exact) mass is 288 g/mol. The van der Waals surface area contributed by atoms with Gasteiger partial charge in [0.15, 0.2) is 17.3 Å². The van der Waals surface area contributed by atoms with Crippen molar-refractivity contribution < 1.29 is 28.6 Å². The molecule has 20 heavy (non-hydrogen) atoms. The van der Waals surface area contributed by atoms with E-state index in [9.17, 15) is 18.4 Å². The van der Waals surface area contributed by atoms with E-state index in [0.717, 1.165) is 21.8 Å². The van der Waals surface area contributed by atoms with Crippen LogP contribution in [0.4, 0.5) is 8.78 Å². The molecule has 2 N–H and O–H groups in total. The van der Waals surface area contributed by atoms with Crippen molar-refractivity contribution in [1.29, 1.82) is 0 Å². The van der Waals surface area contributed by atoms with E-state index in [1.54, 1.807) is 0 Å². The number of nitrogens with zero attached hydrogens (tertiary/aromatic N) is 4. The zero-order valence-electron chi connectivity index (χ0n) is 10.4. The molecule has 0 saturated heterocycles. The van der Waals surface area contributed by atoms with E-state index in [4.69, 9.17) is 10.2 Å². The van der Waals surface area contributed by atoms with Gasteiger partial charge in [-0.15, -0.1) is 0 Å². The molecule has 0 spiro atoms. The summed E-state index contributed by atoms with van der Waals surface area (Å²) in [7, 11) is 2.82. The van der Waals surface area contributed by atoms with Crippen LogP contribution in [-0.2, 0) is 14.1 Å². The van der Waals surface area contributed by atoms with Crippen LogP contribution in [0.5, 0.6) is 0 Å². The third kappa shape index (κ3) is 3.37. The lowest BCUT2D eigenvalue weighted by molar-refractivity contribution is 0.0671. The lowest BCUT2D eigenvalue weighted by atomic mass is 10.4. The fraction of sp³-hybridized carbons (Fsp3) is 0.200. The molecule has 8 nitrogen and oxygen atoms in total. The quantitative estimate of drug-likeness (QED) is 0.833. The maximum atomic E-state index is 12.4. The average molecular weight is 288 g/mol. The summed E-state index contributed by atoms with van der Waals surface area (Å²) in [6.45, 7) is 0. The van der Waals surface area contributed by atoms with E-state index in [2.05, 4.69) is 10.2 Å². The van der Waals surface area contributed by atoms with Crippen LogP contribution in [0, 0.1) is 11.6 Å². The highest BCUT2D eigenvalue weighted by molar-refractivity contribution is 5.86. The van der Waals surface area contributed by atoms with Crippen LogP contribution in [-0.4, -0.2) is 41.7 Å². The lowest BCUT2D eigenvalue weighted by Gasteiger charge is -1.92. The standard InChI is InChI=1S/2C5H5FN2O2/c1-8-2-3(6)4(7-8)5(9)10;1-8-4(5(9)10)3(6)2-7-8/h2*2H,1H3,(H,9,10). The fourth-order valence-corrected chi connectivity index (χ4v) is 1.26. The smallest absolute Gasteiger partial charge is 0.359 e. The second-order valence-electron chi connectivity index (χ2n) is 3.57. The number of aromatic nitrogens is 4. The number of rotatable bonds is 2. The number of hydrogen-bond donors (Lipinski definition) is 2. The van der Waals surface area contributed by atoms with Crippen LogP contribution in [0.3, 0.4) is 0 Å². The molecule has 10 heteroatoms. The Balaban J connectivity index is 0.000000200. The Morgan fingerprint density at radius 2 is 1.75 bits per heavy atom. The summed E-state index contributed by atoms with van der Waals surface area (Å²) in [5.41, 5.74) is -0.956. The van der Waals surface area contributed by atoms with Gasteiger partial charge in [0.05, 0.1) is 12.4 Å². The van der Waals surface area contributed by atoms with Crippen molar-refractivity contribution in [3.05, 3.63) is 35.4 Å². The molecule has 0 unspecified atom stereocenters. The minimum atomic E-state index is -1.35. The van der Waals surface area contributed by atoms with Crippen LogP contribution >= 0.6 is 0 Å². The number of carboxylic acids is 2. The molecule has 108 valence electrons. The normalized spacial score (nSPS) is 9.80. The van der Waals surface area contributed by atoms with Crippen LogP contribution in [0.15, 0.2) is 12.4 Å². The molecule has 2 aromatic rings. The fourth-order valence-electron chi connectivity index (χ4n) is 1.26. The maximum absolute atomic E-state index is 12.4. The third-order valence-corrected chi connectivity index (χ3v) is 2.08. The van der Waals surface area contributed by atoms with Gasteiger partial charge in [0.2, 0.25) is 5.69 Å². The molecule has 0 atom stereocenters. The van der Waals surface area contributed by atoms with Crippen molar-refractivity contribution in [2.45, 2.75) is 0 Å². The third-order valence-electron chi connectivity index (χ3n) is 2.08. The van der Waals surface area contributed by atoms with Gasteiger partial charge in [0.1, 0.15) is 0 Å². The number of carbonyl (C=O) groups is 2. The van der Waals surface area contributed by atoms with Crippen LogP contribution < -0.4 is 0 Å². The SMILES string of the molecule is Cn1cc(F)c(C(=O)O)n1.Cn1ncc(F)c1C(=O)O. The second-order valence-corrected chi connectivity index (χ2v) is 3.57. The topological polar surface area (TPSA) is 110 Å². The molecule has 2 rings (SSSR count). The largest absolute Gasteiger partial charge is 0.476 e.